The molecular formula is C21H21FN4O3. The number of ether oxygens (including phenoxy) is 1. The smallest absolute Gasteiger partial charge is 0.313 e. The van der Waals surface area contributed by atoms with Crippen LogP contribution in [0, 0.1) is 12.7 Å². The second-order valence-electron chi connectivity index (χ2n) is 6.52. The number of carbonyl (C=O) groups excluding carboxylic acids is 2. The molecule has 150 valence electrons. The van der Waals surface area contributed by atoms with Gasteiger partial charge in [-0.05, 0) is 42.3 Å². The first kappa shape index (κ1) is 20.1. The molecule has 8 heteroatoms. The highest BCUT2D eigenvalue weighted by Crippen LogP contribution is 2.24. The Kier molecular flexibility index (Phi) is 5.92. The second kappa shape index (κ2) is 8.55. The zero-order valence-corrected chi connectivity index (χ0v) is 16.3. The van der Waals surface area contributed by atoms with E-state index in [1.807, 2.05) is 0 Å². The molecule has 29 heavy (non-hydrogen) atoms. The van der Waals surface area contributed by atoms with Gasteiger partial charge in [0.05, 0.1) is 12.8 Å². The molecule has 3 rings (SSSR count). The third-order valence-corrected chi connectivity index (χ3v) is 4.40. The van der Waals surface area contributed by atoms with Crippen molar-refractivity contribution in [3.8, 4) is 5.75 Å². The van der Waals surface area contributed by atoms with Gasteiger partial charge in [-0.3, -0.25) is 9.59 Å². The van der Waals surface area contributed by atoms with E-state index in [4.69, 9.17) is 4.74 Å². The van der Waals surface area contributed by atoms with Crippen molar-refractivity contribution < 1.29 is 18.7 Å². The van der Waals surface area contributed by atoms with Gasteiger partial charge in [0.25, 0.3) is 0 Å². The molecule has 1 atom stereocenters. The Labute approximate surface area is 167 Å². The first-order valence-electron chi connectivity index (χ1n) is 8.88. The Morgan fingerprint density at radius 2 is 1.97 bits per heavy atom. The molecule has 0 aliphatic rings. The number of aromatic nitrogens is 2. The number of benzene rings is 2. The van der Waals surface area contributed by atoms with E-state index < -0.39 is 23.7 Å². The molecular weight excluding hydrogens is 375 g/mol. The first-order chi connectivity index (χ1) is 13.9. The number of hydrogen-bond acceptors (Lipinski definition) is 4. The summed E-state index contributed by atoms with van der Waals surface area (Å²) in [4.78, 5) is 29.2. The molecule has 0 aliphatic carbocycles. The van der Waals surface area contributed by atoms with Gasteiger partial charge in [-0.2, -0.15) is 0 Å². The number of methoxy groups -OCH3 is 1. The van der Waals surface area contributed by atoms with Crippen LogP contribution in [0.25, 0.3) is 0 Å². The minimum Gasteiger partial charge on any atom is -0.497 e. The summed E-state index contributed by atoms with van der Waals surface area (Å²) >= 11 is 0. The third-order valence-electron chi connectivity index (χ3n) is 4.40. The van der Waals surface area contributed by atoms with E-state index in [1.165, 1.54) is 19.2 Å². The van der Waals surface area contributed by atoms with E-state index in [0.29, 0.717) is 22.7 Å². The van der Waals surface area contributed by atoms with Gasteiger partial charge >= 0.3 is 11.8 Å². The largest absolute Gasteiger partial charge is 0.497 e. The standard InChI is InChI=1S/C21H21FN4O3/c1-13-7-8-17(16(22)11-13)24-20(27)21(28)25-18(19-23-9-10-26(19)2)14-5-4-6-15(12-14)29-3/h4-12,18H,1-3H3,(H,24,27)(H,25,28)/t18-/m1/s1. The highest BCUT2D eigenvalue weighted by atomic mass is 19.1. The van der Waals surface area contributed by atoms with Crippen molar-refractivity contribution in [3.05, 3.63) is 77.6 Å². The number of rotatable bonds is 5. The molecule has 0 fully saturated rings. The zero-order chi connectivity index (χ0) is 21.0. The van der Waals surface area contributed by atoms with Crippen LogP contribution in [0.4, 0.5) is 10.1 Å². The summed E-state index contributed by atoms with van der Waals surface area (Å²) in [6.07, 6.45) is 3.33. The summed E-state index contributed by atoms with van der Waals surface area (Å²) in [7, 11) is 3.32. The number of halogens is 1. The Hall–Kier alpha value is -3.68. The summed E-state index contributed by atoms with van der Waals surface area (Å²) in [5.74, 6) is -1.38. The Morgan fingerprint density at radius 1 is 1.17 bits per heavy atom. The van der Waals surface area contributed by atoms with E-state index in [1.54, 1.807) is 61.3 Å². The summed E-state index contributed by atoms with van der Waals surface area (Å²) in [5, 5.41) is 4.97. The van der Waals surface area contributed by atoms with Crippen LogP contribution >= 0.6 is 0 Å². The van der Waals surface area contributed by atoms with Crippen molar-refractivity contribution >= 4 is 17.5 Å². The maximum Gasteiger partial charge on any atom is 0.313 e. The fourth-order valence-electron chi connectivity index (χ4n) is 2.87. The molecule has 0 radical (unpaired) electrons. The second-order valence-corrected chi connectivity index (χ2v) is 6.52. The number of nitrogens with one attached hydrogen (secondary N) is 2. The van der Waals surface area contributed by atoms with Crippen LogP contribution in [-0.2, 0) is 16.6 Å². The van der Waals surface area contributed by atoms with E-state index in [2.05, 4.69) is 15.6 Å². The first-order valence-corrected chi connectivity index (χ1v) is 8.88. The number of aryl methyl sites for hydroxylation is 2. The molecule has 1 aromatic heterocycles. The zero-order valence-electron chi connectivity index (χ0n) is 16.3. The van der Waals surface area contributed by atoms with Crippen molar-refractivity contribution in [1.82, 2.24) is 14.9 Å². The Morgan fingerprint density at radius 3 is 2.62 bits per heavy atom. The topological polar surface area (TPSA) is 85.2 Å². The monoisotopic (exact) mass is 396 g/mol. The lowest BCUT2D eigenvalue weighted by Crippen LogP contribution is -2.39. The lowest BCUT2D eigenvalue weighted by molar-refractivity contribution is -0.136. The van der Waals surface area contributed by atoms with E-state index in [9.17, 15) is 14.0 Å². The van der Waals surface area contributed by atoms with E-state index in [0.717, 1.165) is 0 Å². The summed E-state index contributed by atoms with van der Waals surface area (Å²) < 4.78 is 21.0. The van der Waals surface area contributed by atoms with Crippen molar-refractivity contribution in [3.63, 3.8) is 0 Å². The molecule has 0 unspecified atom stereocenters. The molecule has 0 spiro atoms. The molecule has 7 nitrogen and oxygen atoms in total. The number of nitrogens with zero attached hydrogens (tertiary/aromatic N) is 2. The van der Waals surface area contributed by atoms with Crippen molar-refractivity contribution in [2.45, 2.75) is 13.0 Å². The number of hydrogen-bond donors (Lipinski definition) is 2. The van der Waals surface area contributed by atoms with Gasteiger partial charge in [0, 0.05) is 19.4 Å². The Balaban J connectivity index is 1.84. The fourth-order valence-corrected chi connectivity index (χ4v) is 2.87. The van der Waals surface area contributed by atoms with E-state index >= 15 is 0 Å². The Bertz CT molecular complexity index is 1050. The van der Waals surface area contributed by atoms with Crippen LogP contribution in [0.2, 0.25) is 0 Å². The highest BCUT2D eigenvalue weighted by Gasteiger charge is 2.25. The van der Waals surface area contributed by atoms with Crippen LogP contribution < -0.4 is 15.4 Å². The molecule has 0 saturated carbocycles. The molecule has 0 bridgehead atoms. The average Bonchev–Trinajstić information content (AvgIpc) is 3.13. The van der Waals surface area contributed by atoms with Gasteiger partial charge in [-0.1, -0.05) is 18.2 Å². The van der Waals surface area contributed by atoms with Crippen LogP contribution in [0.3, 0.4) is 0 Å². The van der Waals surface area contributed by atoms with Crippen molar-refractivity contribution in [2.24, 2.45) is 7.05 Å². The normalized spacial score (nSPS) is 11.6. The highest BCUT2D eigenvalue weighted by molar-refractivity contribution is 6.39. The summed E-state index contributed by atoms with van der Waals surface area (Å²) in [6, 6.07) is 10.7. The molecule has 2 amide bonds. The minimum atomic E-state index is -0.977. The maximum absolute atomic E-state index is 14.0. The van der Waals surface area contributed by atoms with Crippen molar-refractivity contribution in [2.75, 3.05) is 12.4 Å². The number of amides is 2. The minimum absolute atomic E-state index is 0.0642. The molecule has 1 heterocycles. The molecule has 2 aromatic carbocycles. The number of carbonyl (C=O) groups is 2. The van der Waals surface area contributed by atoms with Gasteiger partial charge in [-0.25, -0.2) is 9.37 Å². The van der Waals surface area contributed by atoms with Crippen LogP contribution in [0.1, 0.15) is 23.0 Å². The summed E-state index contributed by atoms with van der Waals surface area (Å²) in [5.41, 5.74) is 1.32. The maximum atomic E-state index is 14.0. The summed E-state index contributed by atoms with van der Waals surface area (Å²) in [6.45, 7) is 1.73. The lowest BCUT2D eigenvalue weighted by Gasteiger charge is -2.19. The molecule has 0 aliphatic heterocycles. The van der Waals surface area contributed by atoms with E-state index in [-0.39, 0.29) is 5.69 Å². The third kappa shape index (κ3) is 4.60. The molecule has 3 aromatic rings. The predicted octanol–water partition coefficient (Wildman–Crippen LogP) is 2.72. The van der Waals surface area contributed by atoms with Crippen LogP contribution in [0.15, 0.2) is 54.9 Å². The number of imidazole rings is 1. The molecule has 0 saturated heterocycles. The van der Waals surface area contributed by atoms with Gasteiger partial charge in [0.2, 0.25) is 0 Å². The predicted molar refractivity (Wildman–Crippen MR) is 106 cm³/mol. The van der Waals surface area contributed by atoms with Crippen molar-refractivity contribution in [1.29, 1.82) is 0 Å². The SMILES string of the molecule is COc1cccc([C@@H](NC(=O)C(=O)Nc2ccc(C)cc2F)c2nccn2C)c1. The molecule has 2 N–H and O–H groups in total. The van der Waals surface area contributed by atoms with Crippen LogP contribution in [-0.4, -0.2) is 28.5 Å². The quantitative estimate of drug-likeness (QED) is 0.650. The average molecular weight is 396 g/mol. The van der Waals surface area contributed by atoms with Gasteiger partial charge in [0.15, 0.2) is 0 Å². The van der Waals surface area contributed by atoms with Gasteiger partial charge in [0.1, 0.15) is 23.4 Å². The van der Waals surface area contributed by atoms with Gasteiger partial charge in [-0.15, -0.1) is 0 Å². The lowest BCUT2D eigenvalue weighted by atomic mass is 10.1. The van der Waals surface area contributed by atoms with Crippen LogP contribution in [0.5, 0.6) is 5.75 Å². The van der Waals surface area contributed by atoms with Gasteiger partial charge < -0.3 is 19.9 Å². The number of anilines is 1. The fraction of sp³-hybridized carbons (Fsp3) is 0.190.